The molecule has 3 heterocycles. The van der Waals surface area contributed by atoms with E-state index >= 15 is 0 Å². The topological polar surface area (TPSA) is 75.2 Å². The van der Waals surface area contributed by atoms with Crippen molar-refractivity contribution >= 4 is 46.6 Å². The van der Waals surface area contributed by atoms with E-state index < -0.39 is 0 Å². The van der Waals surface area contributed by atoms with Crippen molar-refractivity contribution in [3.63, 3.8) is 0 Å². The molecule has 6 nitrogen and oxygen atoms in total. The number of amides is 2. The van der Waals surface area contributed by atoms with Gasteiger partial charge in [-0.25, -0.2) is 9.97 Å². The SMILES string of the molecule is CN1C(=O)c2cc(NC(=O)c3cccnc3Cl)ccc2Sc2ncccc21. The molecule has 27 heavy (non-hydrogen) atoms. The van der Waals surface area contributed by atoms with Crippen molar-refractivity contribution in [1.82, 2.24) is 9.97 Å². The van der Waals surface area contributed by atoms with Gasteiger partial charge in [0.05, 0.1) is 16.8 Å². The molecule has 0 aliphatic carbocycles. The molecule has 134 valence electrons. The number of nitrogens with one attached hydrogen (secondary N) is 1. The standard InChI is InChI=1S/C19H13ClN4O2S/c1-24-14-5-3-9-22-18(14)27-15-7-6-11(10-13(15)19(24)26)23-17(25)12-4-2-8-21-16(12)20/h2-10H,1H3,(H,23,25). The molecule has 1 N–H and O–H groups in total. The number of aromatic nitrogens is 2. The number of halogens is 1. The van der Waals surface area contributed by atoms with E-state index in [0.29, 0.717) is 11.3 Å². The summed E-state index contributed by atoms with van der Waals surface area (Å²) in [5.74, 6) is -0.556. The fourth-order valence-corrected chi connectivity index (χ4v) is 3.96. The Morgan fingerprint density at radius 3 is 2.74 bits per heavy atom. The third-order valence-corrected chi connectivity index (χ3v) is 5.48. The van der Waals surface area contributed by atoms with Crippen molar-refractivity contribution in [2.24, 2.45) is 0 Å². The van der Waals surface area contributed by atoms with Gasteiger partial charge in [-0.1, -0.05) is 23.4 Å². The minimum Gasteiger partial charge on any atom is -0.322 e. The second-order valence-electron chi connectivity index (χ2n) is 5.80. The molecular formula is C19H13ClN4O2S. The van der Waals surface area contributed by atoms with Crippen LogP contribution >= 0.6 is 23.4 Å². The Balaban J connectivity index is 1.67. The summed E-state index contributed by atoms with van der Waals surface area (Å²) in [7, 11) is 1.71. The van der Waals surface area contributed by atoms with Crippen LogP contribution in [0.4, 0.5) is 11.4 Å². The third-order valence-electron chi connectivity index (χ3n) is 4.10. The van der Waals surface area contributed by atoms with Gasteiger partial charge in [0.1, 0.15) is 10.2 Å². The van der Waals surface area contributed by atoms with Crippen LogP contribution in [0.5, 0.6) is 0 Å². The summed E-state index contributed by atoms with van der Waals surface area (Å²) in [5, 5.41) is 3.65. The Morgan fingerprint density at radius 2 is 1.93 bits per heavy atom. The second kappa shape index (κ2) is 7.02. The fourth-order valence-electron chi connectivity index (χ4n) is 2.73. The highest BCUT2D eigenvalue weighted by Gasteiger charge is 2.26. The minimum atomic E-state index is -0.389. The number of anilines is 2. The highest BCUT2D eigenvalue weighted by atomic mass is 35.5. The number of fused-ring (bicyclic) bond motifs is 2. The number of nitrogens with zero attached hydrogens (tertiary/aromatic N) is 3. The molecule has 4 rings (SSSR count). The third kappa shape index (κ3) is 3.27. The Kier molecular flexibility index (Phi) is 4.55. The van der Waals surface area contributed by atoms with E-state index in [0.717, 1.165) is 15.6 Å². The fraction of sp³-hybridized carbons (Fsp3) is 0.0526. The Bertz CT molecular complexity index is 1070. The minimum absolute atomic E-state index is 0.123. The van der Waals surface area contributed by atoms with Crippen molar-refractivity contribution in [2.75, 3.05) is 17.3 Å². The van der Waals surface area contributed by atoms with Crippen molar-refractivity contribution in [3.05, 3.63) is 71.1 Å². The predicted octanol–water partition coefficient (Wildman–Crippen LogP) is 4.12. The van der Waals surface area contributed by atoms with Crippen LogP contribution in [0.2, 0.25) is 5.15 Å². The summed E-state index contributed by atoms with van der Waals surface area (Å²) in [4.78, 5) is 36.0. The molecule has 3 aromatic rings. The number of benzene rings is 1. The van der Waals surface area contributed by atoms with Gasteiger partial charge in [-0.3, -0.25) is 9.59 Å². The van der Waals surface area contributed by atoms with Gasteiger partial charge in [0.15, 0.2) is 0 Å². The van der Waals surface area contributed by atoms with E-state index in [1.54, 1.807) is 54.5 Å². The quantitative estimate of drug-likeness (QED) is 0.659. The zero-order valence-electron chi connectivity index (χ0n) is 14.1. The monoisotopic (exact) mass is 396 g/mol. The molecule has 0 spiro atoms. The van der Waals surface area contributed by atoms with Crippen LogP contribution in [-0.2, 0) is 0 Å². The van der Waals surface area contributed by atoms with E-state index in [-0.39, 0.29) is 22.5 Å². The number of hydrogen-bond donors (Lipinski definition) is 1. The maximum absolute atomic E-state index is 12.9. The highest BCUT2D eigenvalue weighted by molar-refractivity contribution is 7.99. The first kappa shape index (κ1) is 17.5. The number of hydrogen-bond acceptors (Lipinski definition) is 5. The lowest BCUT2D eigenvalue weighted by atomic mass is 10.1. The van der Waals surface area contributed by atoms with Crippen LogP contribution < -0.4 is 10.2 Å². The molecule has 0 bridgehead atoms. The molecule has 0 atom stereocenters. The van der Waals surface area contributed by atoms with Gasteiger partial charge < -0.3 is 10.2 Å². The summed E-state index contributed by atoms with van der Waals surface area (Å²) < 4.78 is 0. The molecule has 0 fully saturated rings. The van der Waals surface area contributed by atoms with Gasteiger partial charge >= 0.3 is 0 Å². The largest absolute Gasteiger partial charge is 0.322 e. The zero-order chi connectivity index (χ0) is 19.0. The van der Waals surface area contributed by atoms with Crippen LogP contribution in [0.1, 0.15) is 20.7 Å². The summed E-state index contributed by atoms with van der Waals surface area (Å²) >= 11 is 7.39. The van der Waals surface area contributed by atoms with Crippen molar-refractivity contribution in [1.29, 1.82) is 0 Å². The molecule has 0 saturated heterocycles. The van der Waals surface area contributed by atoms with E-state index in [9.17, 15) is 9.59 Å². The molecule has 1 aromatic carbocycles. The van der Waals surface area contributed by atoms with Gasteiger partial charge in [0, 0.05) is 30.0 Å². The van der Waals surface area contributed by atoms with Crippen LogP contribution in [0.25, 0.3) is 0 Å². The van der Waals surface area contributed by atoms with E-state index in [2.05, 4.69) is 15.3 Å². The average molecular weight is 397 g/mol. The van der Waals surface area contributed by atoms with Crippen LogP contribution in [-0.4, -0.2) is 28.8 Å². The molecule has 0 unspecified atom stereocenters. The number of carbonyl (C=O) groups is 2. The maximum Gasteiger partial charge on any atom is 0.259 e. The van der Waals surface area contributed by atoms with Gasteiger partial charge in [0.2, 0.25) is 0 Å². The molecule has 1 aliphatic heterocycles. The predicted molar refractivity (Wildman–Crippen MR) is 105 cm³/mol. The molecular weight excluding hydrogens is 384 g/mol. The van der Waals surface area contributed by atoms with Crippen molar-refractivity contribution in [3.8, 4) is 0 Å². The summed E-state index contributed by atoms with van der Waals surface area (Å²) in [5.41, 5.74) is 2.01. The van der Waals surface area contributed by atoms with Crippen molar-refractivity contribution < 1.29 is 9.59 Å². The van der Waals surface area contributed by atoms with Crippen LogP contribution in [0.15, 0.2) is 64.8 Å². The molecule has 1 aliphatic rings. The normalized spacial score (nSPS) is 12.8. The van der Waals surface area contributed by atoms with E-state index in [4.69, 9.17) is 11.6 Å². The highest BCUT2D eigenvalue weighted by Crippen LogP contribution is 2.40. The van der Waals surface area contributed by atoms with Crippen LogP contribution in [0.3, 0.4) is 0 Å². The van der Waals surface area contributed by atoms with Gasteiger partial charge in [-0.15, -0.1) is 0 Å². The number of rotatable bonds is 2. The summed E-state index contributed by atoms with van der Waals surface area (Å²) in [6.07, 6.45) is 3.21. The Hall–Kier alpha value is -2.90. The molecule has 8 heteroatoms. The maximum atomic E-state index is 12.9. The first-order chi connectivity index (χ1) is 13.0. The second-order valence-corrected chi connectivity index (χ2v) is 7.19. The average Bonchev–Trinajstić information content (AvgIpc) is 2.78. The number of pyridine rings is 2. The Morgan fingerprint density at radius 1 is 1.15 bits per heavy atom. The van der Waals surface area contributed by atoms with Crippen molar-refractivity contribution in [2.45, 2.75) is 9.92 Å². The van der Waals surface area contributed by atoms with Gasteiger partial charge in [0.25, 0.3) is 11.8 Å². The molecule has 0 saturated carbocycles. The molecule has 2 aromatic heterocycles. The summed E-state index contributed by atoms with van der Waals surface area (Å²) in [6, 6.07) is 12.1. The Labute approximate surface area is 164 Å². The zero-order valence-corrected chi connectivity index (χ0v) is 15.7. The summed E-state index contributed by atoms with van der Waals surface area (Å²) in [6.45, 7) is 0. The van der Waals surface area contributed by atoms with Gasteiger partial charge in [-0.2, -0.15) is 0 Å². The number of carbonyl (C=O) groups excluding carboxylic acids is 2. The van der Waals surface area contributed by atoms with E-state index in [1.807, 2.05) is 6.07 Å². The first-order valence-electron chi connectivity index (χ1n) is 8.01. The lowest BCUT2D eigenvalue weighted by molar-refractivity contribution is 0.0987. The van der Waals surface area contributed by atoms with Crippen LogP contribution in [0, 0.1) is 0 Å². The lowest BCUT2D eigenvalue weighted by Gasteiger charge is -2.16. The molecule has 0 radical (unpaired) electrons. The first-order valence-corrected chi connectivity index (χ1v) is 9.21. The van der Waals surface area contributed by atoms with Gasteiger partial charge in [-0.05, 0) is 42.5 Å². The smallest absolute Gasteiger partial charge is 0.259 e. The van der Waals surface area contributed by atoms with E-state index in [1.165, 1.54) is 18.0 Å². The molecule has 2 amide bonds. The lowest BCUT2D eigenvalue weighted by Crippen LogP contribution is -2.26.